The molecule has 0 bridgehead atoms. The first-order valence-electron chi connectivity index (χ1n) is 7.44. The van der Waals surface area contributed by atoms with E-state index in [4.69, 9.17) is 6.42 Å². The van der Waals surface area contributed by atoms with Gasteiger partial charge in [0.05, 0.1) is 11.5 Å². The molecule has 1 unspecified atom stereocenters. The first kappa shape index (κ1) is 14.1. The first-order valence-corrected chi connectivity index (χ1v) is 7.44. The summed E-state index contributed by atoms with van der Waals surface area (Å²) in [6.07, 6.45) is 13.3. The minimum absolute atomic E-state index is 0.00556. The van der Waals surface area contributed by atoms with E-state index in [0.29, 0.717) is 12.8 Å². The highest BCUT2D eigenvalue weighted by Crippen LogP contribution is 2.45. The molecule has 2 aliphatic rings. The molecule has 1 saturated heterocycles. The quantitative estimate of drug-likeness (QED) is 0.578. The van der Waals surface area contributed by atoms with Crippen molar-refractivity contribution < 1.29 is 9.59 Å². The predicted octanol–water partition coefficient (Wildman–Crippen LogP) is 2.89. The number of hydrogen-bond acceptors (Lipinski definition) is 2. The Balaban J connectivity index is 2.22. The van der Waals surface area contributed by atoms with Crippen molar-refractivity contribution in [2.45, 2.75) is 70.8 Å². The Morgan fingerprint density at radius 2 is 1.89 bits per heavy atom. The smallest absolute Gasteiger partial charge is 0.236 e. The molecule has 19 heavy (non-hydrogen) atoms. The lowest BCUT2D eigenvalue weighted by Crippen LogP contribution is -2.42. The van der Waals surface area contributed by atoms with E-state index in [1.165, 1.54) is 17.7 Å². The Bertz CT molecular complexity index is 399. The van der Waals surface area contributed by atoms with Crippen molar-refractivity contribution in [2.75, 3.05) is 0 Å². The maximum Gasteiger partial charge on any atom is 0.236 e. The van der Waals surface area contributed by atoms with Gasteiger partial charge in [-0.25, -0.2) is 0 Å². The van der Waals surface area contributed by atoms with E-state index >= 15 is 0 Å². The van der Waals surface area contributed by atoms with Gasteiger partial charge in [-0.3, -0.25) is 14.5 Å². The van der Waals surface area contributed by atoms with Crippen molar-refractivity contribution in [2.24, 2.45) is 5.41 Å². The van der Waals surface area contributed by atoms with E-state index in [0.717, 1.165) is 32.1 Å². The molecule has 1 spiro atoms. The summed E-state index contributed by atoms with van der Waals surface area (Å²) in [4.78, 5) is 26.5. The third-order valence-electron chi connectivity index (χ3n) is 4.68. The SMILES string of the molecule is C#CCC(CC)N1C(=O)CC2(CCCCCC2)C1=O. The number of carbonyl (C=O) groups excluding carboxylic acids is 2. The molecule has 1 atom stereocenters. The zero-order valence-electron chi connectivity index (χ0n) is 11.8. The number of imide groups is 1. The van der Waals surface area contributed by atoms with Crippen LogP contribution in [0.15, 0.2) is 0 Å². The zero-order chi connectivity index (χ0) is 13.9. The van der Waals surface area contributed by atoms with E-state index in [1.54, 1.807) is 0 Å². The maximum atomic E-state index is 12.8. The Labute approximate surface area is 115 Å². The number of rotatable bonds is 3. The van der Waals surface area contributed by atoms with Gasteiger partial charge in [-0.1, -0.05) is 32.6 Å². The summed E-state index contributed by atoms with van der Waals surface area (Å²) >= 11 is 0. The molecule has 0 N–H and O–H groups in total. The van der Waals surface area contributed by atoms with Gasteiger partial charge in [-0.2, -0.15) is 0 Å². The van der Waals surface area contributed by atoms with Crippen LogP contribution in [-0.2, 0) is 9.59 Å². The van der Waals surface area contributed by atoms with Crippen LogP contribution in [0.3, 0.4) is 0 Å². The lowest BCUT2D eigenvalue weighted by Gasteiger charge is -2.28. The van der Waals surface area contributed by atoms with E-state index in [-0.39, 0.29) is 17.9 Å². The maximum absolute atomic E-state index is 12.8. The first-order chi connectivity index (χ1) is 9.14. The molecule has 1 aliphatic carbocycles. The van der Waals surface area contributed by atoms with Gasteiger partial charge in [-0.05, 0) is 19.3 Å². The number of hydrogen-bond donors (Lipinski definition) is 0. The Kier molecular flexibility index (Phi) is 4.29. The number of terminal acetylenes is 1. The Morgan fingerprint density at radius 3 is 2.42 bits per heavy atom. The molecule has 0 aromatic heterocycles. The number of likely N-dealkylation sites (tertiary alicyclic amines) is 1. The van der Waals surface area contributed by atoms with Gasteiger partial charge in [0.1, 0.15) is 0 Å². The van der Waals surface area contributed by atoms with Crippen LogP contribution in [0.1, 0.15) is 64.7 Å². The molecule has 1 saturated carbocycles. The number of amides is 2. The molecule has 1 heterocycles. The van der Waals surface area contributed by atoms with Gasteiger partial charge in [0.15, 0.2) is 0 Å². The number of carbonyl (C=O) groups is 2. The number of nitrogens with zero attached hydrogens (tertiary/aromatic N) is 1. The van der Waals surface area contributed by atoms with Gasteiger partial charge in [0.25, 0.3) is 0 Å². The minimum atomic E-state index is -0.393. The van der Waals surface area contributed by atoms with Crippen LogP contribution in [0.2, 0.25) is 0 Å². The van der Waals surface area contributed by atoms with Gasteiger partial charge in [-0.15, -0.1) is 12.3 Å². The van der Waals surface area contributed by atoms with E-state index in [2.05, 4.69) is 5.92 Å². The standard InChI is InChI=1S/C16H23NO2/c1-3-9-13(4-2)17-14(18)12-16(15(17)19)10-7-5-6-8-11-16/h1,13H,4-12H2,2H3. The highest BCUT2D eigenvalue weighted by atomic mass is 16.2. The molecular weight excluding hydrogens is 238 g/mol. The second-order valence-electron chi connectivity index (χ2n) is 5.91. The molecule has 0 aromatic carbocycles. The summed E-state index contributed by atoms with van der Waals surface area (Å²) in [5, 5.41) is 0. The molecule has 1 aliphatic heterocycles. The van der Waals surface area contributed by atoms with Crippen molar-refractivity contribution in [1.29, 1.82) is 0 Å². The van der Waals surface area contributed by atoms with Gasteiger partial charge in [0, 0.05) is 12.8 Å². The van der Waals surface area contributed by atoms with Crippen molar-refractivity contribution >= 4 is 11.8 Å². The topological polar surface area (TPSA) is 37.4 Å². The summed E-state index contributed by atoms with van der Waals surface area (Å²) in [6.45, 7) is 1.99. The Morgan fingerprint density at radius 1 is 1.26 bits per heavy atom. The van der Waals surface area contributed by atoms with Gasteiger partial charge < -0.3 is 0 Å². The summed E-state index contributed by atoms with van der Waals surface area (Å²) in [6, 6.07) is -0.104. The van der Waals surface area contributed by atoms with Crippen molar-refractivity contribution in [3.05, 3.63) is 0 Å². The fourth-order valence-corrected chi connectivity index (χ4v) is 3.54. The van der Waals surface area contributed by atoms with Gasteiger partial charge in [0.2, 0.25) is 11.8 Å². The van der Waals surface area contributed by atoms with Crippen LogP contribution < -0.4 is 0 Å². The third-order valence-corrected chi connectivity index (χ3v) is 4.68. The van der Waals surface area contributed by atoms with Crippen molar-refractivity contribution in [3.63, 3.8) is 0 Å². The summed E-state index contributed by atoms with van der Waals surface area (Å²) in [5.74, 6) is 2.65. The normalized spacial score (nSPS) is 24.3. The second kappa shape index (κ2) is 5.77. The monoisotopic (exact) mass is 261 g/mol. The molecule has 104 valence electrons. The zero-order valence-corrected chi connectivity index (χ0v) is 11.8. The van der Waals surface area contributed by atoms with Gasteiger partial charge >= 0.3 is 0 Å². The molecule has 3 heteroatoms. The molecule has 2 fully saturated rings. The van der Waals surface area contributed by atoms with Crippen LogP contribution in [0.25, 0.3) is 0 Å². The molecule has 2 rings (SSSR count). The van der Waals surface area contributed by atoms with Crippen LogP contribution in [0.4, 0.5) is 0 Å². The average molecular weight is 261 g/mol. The minimum Gasteiger partial charge on any atom is -0.278 e. The average Bonchev–Trinajstić information content (AvgIpc) is 2.59. The van der Waals surface area contributed by atoms with Crippen LogP contribution in [-0.4, -0.2) is 22.8 Å². The van der Waals surface area contributed by atoms with Crippen LogP contribution in [0.5, 0.6) is 0 Å². The van der Waals surface area contributed by atoms with Crippen LogP contribution >= 0.6 is 0 Å². The molecule has 0 aromatic rings. The molecule has 2 amide bonds. The summed E-state index contributed by atoms with van der Waals surface area (Å²) < 4.78 is 0. The third kappa shape index (κ3) is 2.54. The second-order valence-corrected chi connectivity index (χ2v) is 5.91. The highest BCUT2D eigenvalue weighted by molar-refractivity contribution is 6.06. The van der Waals surface area contributed by atoms with Crippen molar-refractivity contribution in [3.8, 4) is 12.3 Å². The Hall–Kier alpha value is -1.30. The van der Waals surface area contributed by atoms with E-state index in [1.807, 2.05) is 6.92 Å². The predicted molar refractivity (Wildman–Crippen MR) is 74.1 cm³/mol. The highest BCUT2D eigenvalue weighted by Gasteiger charge is 2.52. The fourth-order valence-electron chi connectivity index (χ4n) is 3.54. The largest absolute Gasteiger partial charge is 0.278 e. The molecule has 0 radical (unpaired) electrons. The summed E-state index contributed by atoms with van der Waals surface area (Å²) in [5.41, 5.74) is -0.393. The molecular formula is C16H23NO2. The van der Waals surface area contributed by atoms with E-state index < -0.39 is 5.41 Å². The molecule has 3 nitrogen and oxygen atoms in total. The lowest BCUT2D eigenvalue weighted by molar-refractivity contribution is -0.144. The fraction of sp³-hybridized carbons (Fsp3) is 0.750. The van der Waals surface area contributed by atoms with Crippen molar-refractivity contribution in [1.82, 2.24) is 4.90 Å². The van der Waals surface area contributed by atoms with E-state index in [9.17, 15) is 9.59 Å². The van der Waals surface area contributed by atoms with Crippen LogP contribution in [0, 0.1) is 17.8 Å². The summed E-state index contributed by atoms with van der Waals surface area (Å²) in [7, 11) is 0. The lowest BCUT2D eigenvalue weighted by atomic mass is 9.79.